The van der Waals surface area contributed by atoms with Crippen molar-refractivity contribution in [3.63, 3.8) is 0 Å². The number of allylic oxidation sites excluding steroid dienone is 2. The van der Waals surface area contributed by atoms with E-state index < -0.39 is 34.7 Å². The van der Waals surface area contributed by atoms with E-state index in [0.717, 1.165) is 10.1 Å². The first-order valence-electron chi connectivity index (χ1n) is 13.3. The molecule has 3 aliphatic rings. The van der Waals surface area contributed by atoms with Crippen LogP contribution in [0.2, 0.25) is 0 Å². The first-order valence-corrected chi connectivity index (χ1v) is 14.1. The van der Waals surface area contributed by atoms with Crippen molar-refractivity contribution >= 4 is 33.4 Å². The van der Waals surface area contributed by atoms with Gasteiger partial charge in [-0.3, -0.25) is 9.59 Å². The number of amides is 2. The number of hydrogen-bond donors (Lipinski definition) is 1. The molecule has 1 saturated carbocycles. The van der Waals surface area contributed by atoms with Gasteiger partial charge in [0.05, 0.1) is 35.3 Å². The van der Waals surface area contributed by atoms with Gasteiger partial charge in [0.2, 0.25) is 11.8 Å². The Balaban J connectivity index is 1.46. The Kier molecular flexibility index (Phi) is 5.62. The lowest BCUT2D eigenvalue weighted by atomic mass is 9.56. The fourth-order valence-corrected chi connectivity index (χ4v) is 7.38. The summed E-state index contributed by atoms with van der Waals surface area (Å²) >= 11 is 3.50. The topological polar surface area (TPSA) is 107 Å². The highest BCUT2D eigenvalue weighted by molar-refractivity contribution is 9.10. The zero-order chi connectivity index (χ0) is 28.6. The standard InChI is InChI=1S/C31H25BrN4O5/c1-31-23(27(38)34(28(31)39)19-8-4-2-5-9-19)17-24-21(26(31)22-16-18(32)12-13-25(22)37)14-15-33-29(40)35(30(41)36(24)33)20-10-6-3-7-11-20/h2-14,16,23-24,26,37H,15,17H2,1H3/t23-,24+,26+,31+/m0/s1. The Bertz CT molecular complexity index is 1890. The second kappa shape index (κ2) is 9.04. The molecule has 3 heterocycles. The molecule has 1 N–H and O–H groups in total. The molecule has 1 aliphatic carbocycles. The molecule has 2 amide bonds. The van der Waals surface area contributed by atoms with Crippen LogP contribution in [0.1, 0.15) is 30.9 Å². The van der Waals surface area contributed by atoms with Crippen molar-refractivity contribution in [1.82, 2.24) is 13.9 Å². The van der Waals surface area contributed by atoms with Gasteiger partial charge in [-0.25, -0.2) is 28.4 Å². The van der Waals surface area contributed by atoms with Crippen LogP contribution in [-0.4, -0.2) is 30.9 Å². The molecule has 7 rings (SSSR count). The third-order valence-electron chi connectivity index (χ3n) is 8.87. The van der Waals surface area contributed by atoms with Gasteiger partial charge in [0.15, 0.2) is 0 Å². The summed E-state index contributed by atoms with van der Waals surface area (Å²) in [5.41, 5.74) is -0.132. The predicted octanol–water partition coefficient (Wildman–Crippen LogP) is 4.13. The van der Waals surface area contributed by atoms with Crippen LogP contribution in [0, 0.1) is 11.3 Å². The van der Waals surface area contributed by atoms with Crippen LogP contribution in [0.25, 0.3) is 5.69 Å². The highest BCUT2D eigenvalue weighted by Gasteiger charge is 2.65. The molecular weight excluding hydrogens is 588 g/mol. The highest BCUT2D eigenvalue weighted by atomic mass is 79.9. The van der Waals surface area contributed by atoms with Gasteiger partial charge >= 0.3 is 11.4 Å². The van der Waals surface area contributed by atoms with Crippen molar-refractivity contribution < 1.29 is 14.7 Å². The minimum atomic E-state index is -1.25. The van der Waals surface area contributed by atoms with Crippen molar-refractivity contribution in [1.29, 1.82) is 0 Å². The molecular formula is C31H25BrN4O5. The van der Waals surface area contributed by atoms with E-state index in [1.165, 1.54) is 14.3 Å². The monoisotopic (exact) mass is 612 g/mol. The van der Waals surface area contributed by atoms with E-state index in [4.69, 9.17) is 0 Å². The van der Waals surface area contributed by atoms with Gasteiger partial charge < -0.3 is 5.11 Å². The maximum atomic E-state index is 14.3. The van der Waals surface area contributed by atoms with E-state index in [9.17, 15) is 24.3 Å². The van der Waals surface area contributed by atoms with Crippen molar-refractivity contribution in [3.05, 3.63) is 122 Å². The molecule has 2 fully saturated rings. The molecule has 206 valence electrons. The summed E-state index contributed by atoms with van der Waals surface area (Å²) < 4.78 is 4.65. The molecule has 41 heavy (non-hydrogen) atoms. The number of phenols is 1. The first-order chi connectivity index (χ1) is 19.7. The van der Waals surface area contributed by atoms with Crippen molar-refractivity contribution in [3.8, 4) is 11.4 Å². The summed E-state index contributed by atoms with van der Waals surface area (Å²) in [6.45, 7) is 1.89. The molecule has 1 aromatic heterocycles. The predicted molar refractivity (Wildman–Crippen MR) is 155 cm³/mol. The van der Waals surface area contributed by atoms with Crippen LogP contribution in [0.3, 0.4) is 0 Å². The number of para-hydroxylation sites is 2. The zero-order valence-electron chi connectivity index (χ0n) is 22.0. The van der Waals surface area contributed by atoms with Gasteiger partial charge in [-0.2, -0.15) is 0 Å². The normalized spacial score (nSPS) is 25.0. The van der Waals surface area contributed by atoms with Crippen LogP contribution in [-0.2, 0) is 16.1 Å². The molecule has 4 atom stereocenters. The molecule has 10 heteroatoms. The first kappa shape index (κ1) is 25.5. The molecule has 9 nitrogen and oxygen atoms in total. The smallest absolute Gasteiger partial charge is 0.352 e. The minimum Gasteiger partial charge on any atom is -0.508 e. The van der Waals surface area contributed by atoms with Crippen LogP contribution >= 0.6 is 15.9 Å². The summed E-state index contributed by atoms with van der Waals surface area (Å²) in [6.07, 6.45) is 2.02. The van der Waals surface area contributed by atoms with Gasteiger partial charge in [-0.05, 0) is 61.4 Å². The van der Waals surface area contributed by atoms with Gasteiger partial charge in [0, 0.05) is 16.0 Å². The summed E-state index contributed by atoms with van der Waals surface area (Å²) in [5.74, 6) is -2.29. The Hall–Kier alpha value is -4.44. The Morgan fingerprint density at radius 3 is 2.22 bits per heavy atom. The molecule has 0 radical (unpaired) electrons. The highest BCUT2D eigenvalue weighted by Crippen LogP contribution is 2.62. The number of benzene rings is 3. The maximum absolute atomic E-state index is 14.3. The third kappa shape index (κ3) is 3.46. The van der Waals surface area contributed by atoms with Crippen LogP contribution in [0.4, 0.5) is 5.69 Å². The Morgan fingerprint density at radius 2 is 1.54 bits per heavy atom. The molecule has 0 spiro atoms. The minimum absolute atomic E-state index is 0.0182. The lowest BCUT2D eigenvalue weighted by Crippen LogP contribution is -2.49. The molecule has 3 aromatic carbocycles. The fraction of sp³-hybridized carbons (Fsp3) is 0.226. The number of phenolic OH excluding ortho intramolecular Hbond substituents is 1. The summed E-state index contributed by atoms with van der Waals surface area (Å²) in [7, 11) is 0. The number of halogens is 1. The quantitative estimate of drug-likeness (QED) is 0.276. The number of fused-ring (bicyclic) bond motifs is 4. The Morgan fingerprint density at radius 1 is 0.878 bits per heavy atom. The van der Waals surface area contributed by atoms with Gasteiger partial charge in [-0.15, -0.1) is 0 Å². The average Bonchev–Trinajstić information content (AvgIpc) is 3.35. The number of anilines is 1. The van der Waals surface area contributed by atoms with E-state index in [0.29, 0.717) is 21.4 Å². The van der Waals surface area contributed by atoms with Crippen molar-refractivity contribution in [2.75, 3.05) is 4.90 Å². The summed E-state index contributed by atoms with van der Waals surface area (Å²) in [5, 5.41) is 11.1. The molecule has 4 aromatic rings. The Labute approximate surface area is 242 Å². The number of nitrogens with zero attached hydrogens (tertiary/aromatic N) is 4. The lowest BCUT2D eigenvalue weighted by Gasteiger charge is -2.47. The number of aromatic hydroxyl groups is 1. The SMILES string of the molecule is C[C@@]12C(=O)N(c3ccccc3)C(=O)[C@@H]1C[C@@H]1C(=CCn3c(=O)n(-c4ccccc4)c(=O)n31)[C@@H]2c1cc(Br)ccc1O. The number of hydrogen-bond acceptors (Lipinski definition) is 5. The number of imide groups is 1. The summed E-state index contributed by atoms with van der Waals surface area (Å²) in [4.78, 5) is 57.1. The number of rotatable bonds is 3. The fourth-order valence-electron chi connectivity index (χ4n) is 7.00. The lowest BCUT2D eigenvalue weighted by molar-refractivity contribution is -0.129. The number of carbonyl (C=O) groups is 2. The average molecular weight is 613 g/mol. The zero-order valence-corrected chi connectivity index (χ0v) is 23.6. The van der Waals surface area contributed by atoms with Crippen LogP contribution < -0.4 is 16.3 Å². The third-order valence-corrected chi connectivity index (χ3v) is 9.36. The van der Waals surface area contributed by atoms with E-state index in [1.807, 2.05) is 12.1 Å². The maximum Gasteiger partial charge on any atom is 0.352 e. The molecule has 1 saturated heterocycles. The largest absolute Gasteiger partial charge is 0.508 e. The molecule has 2 aliphatic heterocycles. The van der Waals surface area contributed by atoms with Gasteiger partial charge in [0.25, 0.3) is 0 Å². The second-order valence-corrected chi connectivity index (χ2v) is 11.8. The van der Waals surface area contributed by atoms with Crippen LogP contribution in [0.15, 0.2) is 105 Å². The summed E-state index contributed by atoms with van der Waals surface area (Å²) in [6, 6.07) is 21.8. The van der Waals surface area contributed by atoms with E-state index in [2.05, 4.69) is 15.9 Å². The van der Waals surface area contributed by atoms with E-state index in [-0.39, 0.29) is 30.5 Å². The van der Waals surface area contributed by atoms with E-state index in [1.54, 1.807) is 79.7 Å². The number of aromatic nitrogens is 3. The number of carbonyl (C=O) groups excluding carboxylic acids is 2. The van der Waals surface area contributed by atoms with Crippen LogP contribution in [0.5, 0.6) is 5.75 Å². The van der Waals surface area contributed by atoms with E-state index >= 15 is 0 Å². The van der Waals surface area contributed by atoms with Crippen molar-refractivity contribution in [2.24, 2.45) is 11.3 Å². The molecule has 0 bridgehead atoms. The molecule has 0 unspecified atom stereocenters. The second-order valence-electron chi connectivity index (χ2n) is 10.9. The van der Waals surface area contributed by atoms with Crippen molar-refractivity contribution in [2.45, 2.75) is 31.8 Å². The van der Waals surface area contributed by atoms with Gasteiger partial charge in [-0.1, -0.05) is 58.4 Å². The van der Waals surface area contributed by atoms with Gasteiger partial charge in [0.1, 0.15) is 5.75 Å².